The Balaban J connectivity index is 1.30. The van der Waals surface area contributed by atoms with E-state index in [2.05, 4.69) is 20.3 Å². The predicted molar refractivity (Wildman–Crippen MR) is 119 cm³/mol. The molecule has 4 aromatic rings. The van der Waals surface area contributed by atoms with E-state index >= 15 is 0 Å². The standard InChI is InChI=1S/C22H19N5O3S/c1-13-16(21(28)29)12-27(13)19-20(24-11-10-23-19)30-15-8-6-14(7-9-15)25-22-26-17-4-2-3-5-18(17)31-22/h2-11,13,16H,12H2,1H3,(H,25,26)(H,28,29). The van der Waals surface area contributed by atoms with E-state index in [-0.39, 0.29) is 6.04 Å². The lowest BCUT2D eigenvalue weighted by Crippen LogP contribution is -2.58. The summed E-state index contributed by atoms with van der Waals surface area (Å²) in [6.45, 7) is 2.25. The molecule has 2 aromatic heterocycles. The van der Waals surface area contributed by atoms with Crippen molar-refractivity contribution in [2.45, 2.75) is 13.0 Å². The molecular weight excluding hydrogens is 414 g/mol. The second-order valence-electron chi connectivity index (χ2n) is 7.26. The Hall–Kier alpha value is -3.72. The number of para-hydroxylation sites is 1. The molecule has 156 valence electrons. The molecule has 1 fully saturated rings. The molecule has 2 aromatic carbocycles. The minimum atomic E-state index is -0.800. The van der Waals surface area contributed by atoms with Crippen LogP contribution < -0.4 is 15.0 Å². The van der Waals surface area contributed by atoms with Gasteiger partial charge in [0.1, 0.15) is 5.75 Å². The van der Waals surface area contributed by atoms with E-state index in [4.69, 9.17) is 4.74 Å². The molecule has 8 nitrogen and oxygen atoms in total. The lowest BCUT2D eigenvalue weighted by Gasteiger charge is -2.44. The fourth-order valence-electron chi connectivity index (χ4n) is 3.53. The van der Waals surface area contributed by atoms with Crippen molar-refractivity contribution >= 4 is 44.2 Å². The van der Waals surface area contributed by atoms with E-state index in [1.54, 1.807) is 23.7 Å². The van der Waals surface area contributed by atoms with Gasteiger partial charge in [0.15, 0.2) is 10.9 Å². The first-order valence-electron chi connectivity index (χ1n) is 9.79. The number of carboxylic acid groups (broad SMARTS) is 1. The monoisotopic (exact) mass is 433 g/mol. The molecule has 1 aliphatic rings. The first-order valence-corrected chi connectivity index (χ1v) is 10.6. The molecule has 0 spiro atoms. The van der Waals surface area contributed by atoms with Crippen LogP contribution in [0.5, 0.6) is 11.6 Å². The number of nitrogens with one attached hydrogen (secondary N) is 1. The van der Waals surface area contributed by atoms with Crippen molar-refractivity contribution in [3.8, 4) is 11.6 Å². The third kappa shape index (κ3) is 3.75. The van der Waals surface area contributed by atoms with Crippen LogP contribution in [0, 0.1) is 5.92 Å². The van der Waals surface area contributed by atoms with Gasteiger partial charge in [0.25, 0.3) is 5.88 Å². The predicted octanol–water partition coefficient (Wildman–Crippen LogP) is 4.53. The van der Waals surface area contributed by atoms with E-state index in [1.165, 1.54) is 0 Å². The topological polar surface area (TPSA) is 100 Å². The molecule has 2 atom stereocenters. The molecule has 0 aliphatic carbocycles. The number of nitrogens with zero attached hydrogens (tertiary/aromatic N) is 4. The van der Waals surface area contributed by atoms with Crippen molar-refractivity contribution in [3.63, 3.8) is 0 Å². The van der Waals surface area contributed by atoms with Gasteiger partial charge in [0, 0.05) is 30.7 Å². The van der Waals surface area contributed by atoms with Crippen LogP contribution in [0.15, 0.2) is 60.9 Å². The molecule has 2 unspecified atom stereocenters. The summed E-state index contributed by atoms with van der Waals surface area (Å²) in [5, 5.41) is 13.4. The average Bonchev–Trinajstić information content (AvgIpc) is 3.17. The van der Waals surface area contributed by atoms with Gasteiger partial charge >= 0.3 is 5.97 Å². The summed E-state index contributed by atoms with van der Waals surface area (Å²) in [6.07, 6.45) is 3.13. The third-order valence-corrected chi connectivity index (χ3v) is 6.27. The summed E-state index contributed by atoms with van der Waals surface area (Å²) in [4.78, 5) is 26.4. The number of anilines is 3. The molecule has 31 heavy (non-hydrogen) atoms. The molecule has 0 bridgehead atoms. The average molecular weight is 433 g/mol. The van der Waals surface area contributed by atoms with Gasteiger partial charge < -0.3 is 20.1 Å². The Labute approximate surface area is 182 Å². The number of hydrogen-bond donors (Lipinski definition) is 2. The summed E-state index contributed by atoms with van der Waals surface area (Å²) in [7, 11) is 0. The highest BCUT2D eigenvalue weighted by Crippen LogP contribution is 2.36. The van der Waals surface area contributed by atoms with Crippen molar-refractivity contribution in [1.29, 1.82) is 0 Å². The van der Waals surface area contributed by atoms with Crippen LogP contribution in [0.25, 0.3) is 10.2 Å². The molecule has 0 radical (unpaired) electrons. The third-order valence-electron chi connectivity index (χ3n) is 5.32. The quantitative estimate of drug-likeness (QED) is 0.457. The minimum Gasteiger partial charge on any atom is -0.481 e. The van der Waals surface area contributed by atoms with Crippen molar-refractivity contribution in [2.75, 3.05) is 16.8 Å². The van der Waals surface area contributed by atoms with Crippen LogP contribution >= 0.6 is 11.3 Å². The SMILES string of the molecule is CC1C(C(=O)O)CN1c1nccnc1Oc1ccc(Nc2nc3ccccc3s2)cc1. The number of benzene rings is 2. The molecule has 5 rings (SSSR count). The summed E-state index contributed by atoms with van der Waals surface area (Å²) in [6, 6.07) is 15.3. The van der Waals surface area contributed by atoms with Crippen molar-refractivity contribution in [1.82, 2.24) is 15.0 Å². The number of aliphatic carboxylic acids is 1. The fourth-order valence-corrected chi connectivity index (χ4v) is 4.41. The van der Waals surface area contributed by atoms with Gasteiger partial charge in [-0.25, -0.2) is 15.0 Å². The maximum atomic E-state index is 11.3. The van der Waals surface area contributed by atoms with Gasteiger partial charge in [0.05, 0.1) is 16.1 Å². The zero-order valence-electron chi connectivity index (χ0n) is 16.6. The Morgan fingerprint density at radius 3 is 2.68 bits per heavy atom. The second-order valence-corrected chi connectivity index (χ2v) is 8.29. The van der Waals surface area contributed by atoms with Gasteiger partial charge in [-0.2, -0.15) is 0 Å². The fraction of sp³-hybridized carbons (Fsp3) is 0.182. The van der Waals surface area contributed by atoms with Crippen LogP contribution in [0.1, 0.15) is 6.92 Å². The Kier molecular flexibility index (Phi) is 4.87. The van der Waals surface area contributed by atoms with Crippen molar-refractivity contribution in [3.05, 3.63) is 60.9 Å². The number of rotatable bonds is 6. The summed E-state index contributed by atoms with van der Waals surface area (Å²) >= 11 is 1.60. The number of carbonyl (C=O) groups is 1. The van der Waals surface area contributed by atoms with Crippen LogP contribution in [-0.2, 0) is 4.79 Å². The Morgan fingerprint density at radius 1 is 1.16 bits per heavy atom. The smallest absolute Gasteiger partial charge is 0.310 e. The molecule has 9 heteroatoms. The maximum Gasteiger partial charge on any atom is 0.310 e. The number of fused-ring (bicyclic) bond motifs is 1. The highest BCUT2D eigenvalue weighted by molar-refractivity contribution is 7.22. The van der Waals surface area contributed by atoms with E-state index in [9.17, 15) is 9.90 Å². The van der Waals surface area contributed by atoms with Gasteiger partial charge in [0.2, 0.25) is 0 Å². The van der Waals surface area contributed by atoms with Crippen LogP contribution in [0.3, 0.4) is 0 Å². The normalized spacial score (nSPS) is 17.9. The van der Waals surface area contributed by atoms with Gasteiger partial charge in [-0.15, -0.1) is 0 Å². The molecule has 2 N–H and O–H groups in total. The maximum absolute atomic E-state index is 11.3. The number of carboxylic acids is 1. The summed E-state index contributed by atoms with van der Waals surface area (Å²) in [5.74, 6) is 0.294. The van der Waals surface area contributed by atoms with E-state index in [1.807, 2.05) is 60.4 Å². The van der Waals surface area contributed by atoms with Crippen LogP contribution in [0.2, 0.25) is 0 Å². The highest BCUT2D eigenvalue weighted by atomic mass is 32.1. The number of hydrogen-bond acceptors (Lipinski definition) is 8. The van der Waals surface area contributed by atoms with Crippen molar-refractivity contribution < 1.29 is 14.6 Å². The Morgan fingerprint density at radius 2 is 1.94 bits per heavy atom. The largest absolute Gasteiger partial charge is 0.481 e. The van der Waals surface area contributed by atoms with E-state index in [0.717, 1.165) is 21.0 Å². The molecule has 0 saturated carbocycles. The first kappa shape index (κ1) is 19.3. The van der Waals surface area contributed by atoms with Gasteiger partial charge in [-0.1, -0.05) is 23.5 Å². The van der Waals surface area contributed by atoms with E-state index < -0.39 is 11.9 Å². The molecule has 1 saturated heterocycles. The lowest BCUT2D eigenvalue weighted by atomic mass is 9.90. The number of ether oxygens (including phenoxy) is 1. The number of thiazole rings is 1. The van der Waals surface area contributed by atoms with E-state index in [0.29, 0.717) is 24.0 Å². The highest BCUT2D eigenvalue weighted by Gasteiger charge is 2.42. The van der Waals surface area contributed by atoms with Gasteiger partial charge in [-0.05, 0) is 43.3 Å². The summed E-state index contributed by atoms with van der Waals surface area (Å²) in [5.41, 5.74) is 1.86. The minimum absolute atomic E-state index is 0.170. The number of aromatic nitrogens is 3. The summed E-state index contributed by atoms with van der Waals surface area (Å²) < 4.78 is 7.09. The molecule has 3 heterocycles. The molecular formula is C22H19N5O3S. The zero-order chi connectivity index (χ0) is 21.4. The molecule has 0 amide bonds. The molecule has 1 aliphatic heterocycles. The van der Waals surface area contributed by atoms with Gasteiger partial charge in [-0.3, -0.25) is 4.79 Å². The Bertz CT molecular complexity index is 1210. The second kappa shape index (κ2) is 7.84. The van der Waals surface area contributed by atoms with Crippen molar-refractivity contribution in [2.24, 2.45) is 5.92 Å². The van der Waals surface area contributed by atoms with Crippen LogP contribution in [-0.4, -0.2) is 38.6 Å². The van der Waals surface area contributed by atoms with Crippen LogP contribution in [0.4, 0.5) is 16.6 Å². The lowest BCUT2D eigenvalue weighted by molar-refractivity contribution is -0.144. The first-order chi connectivity index (χ1) is 15.1. The zero-order valence-corrected chi connectivity index (χ0v) is 17.4.